The lowest BCUT2D eigenvalue weighted by molar-refractivity contribution is 1.07. The van der Waals surface area contributed by atoms with Gasteiger partial charge in [0.15, 0.2) is 11.6 Å². The quantitative estimate of drug-likeness (QED) is 0.161. The fourth-order valence-electron chi connectivity index (χ4n) is 8.96. The van der Waals surface area contributed by atoms with E-state index in [-0.39, 0.29) is 0 Å². The van der Waals surface area contributed by atoms with E-state index >= 15 is 0 Å². The van der Waals surface area contributed by atoms with Crippen molar-refractivity contribution in [2.45, 2.75) is 0 Å². The van der Waals surface area contributed by atoms with Crippen LogP contribution in [0, 0.1) is 0 Å². The lowest BCUT2D eigenvalue weighted by Gasteiger charge is -2.15. The summed E-state index contributed by atoms with van der Waals surface area (Å²) < 4.78 is 4.91. The number of para-hydroxylation sites is 2. The van der Waals surface area contributed by atoms with Crippen LogP contribution >= 0.6 is 11.3 Å². The Labute approximate surface area is 362 Å². The molecule has 0 saturated carbocycles. The predicted octanol–water partition coefficient (Wildman–Crippen LogP) is 15.3. The molecule has 0 spiro atoms. The van der Waals surface area contributed by atoms with E-state index < -0.39 is 0 Å². The molecule has 0 atom stereocenters. The van der Waals surface area contributed by atoms with Gasteiger partial charge in [0, 0.05) is 47.8 Å². The molecule has 0 saturated heterocycles. The van der Waals surface area contributed by atoms with Crippen molar-refractivity contribution in [2.24, 2.45) is 0 Å². The number of fused-ring (bicyclic) bond motifs is 6. The molecule has 4 nitrogen and oxygen atoms in total. The molecule has 12 rings (SSSR count). The van der Waals surface area contributed by atoms with Crippen LogP contribution in [0.15, 0.2) is 219 Å². The van der Waals surface area contributed by atoms with Crippen molar-refractivity contribution in [2.75, 3.05) is 0 Å². The van der Waals surface area contributed by atoms with E-state index in [2.05, 4.69) is 192 Å². The molecule has 0 bridgehead atoms. The largest absolute Gasteiger partial charge is 0.309 e. The molecule has 9 aromatic carbocycles. The van der Waals surface area contributed by atoms with Gasteiger partial charge in [0.1, 0.15) is 6.33 Å². The van der Waals surface area contributed by atoms with Gasteiger partial charge >= 0.3 is 0 Å². The molecule has 0 aliphatic heterocycles. The molecule has 0 aliphatic carbocycles. The van der Waals surface area contributed by atoms with Gasteiger partial charge in [-0.3, -0.25) is 0 Å². The SMILES string of the molecule is c1ccc(-c2cc(-c3ccccc3)cc(-c3ccc(-c4ccc5sc6cc7c(cc6c5c4)c4ccccc4n7-c4ccccc4)c(-c4ncnc(-c5ccccc5)n4)c3)c2)cc1. The maximum Gasteiger partial charge on any atom is 0.164 e. The first-order valence-electron chi connectivity index (χ1n) is 20.8. The average molecular weight is 809 g/mol. The second-order valence-corrected chi connectivity index (χ2v) is 16.7. The Kier molecular flexibility index (Phi) is 8.65. The Balaban J connectivity index is 1.06. The third-order valence-electron chi connectivity index (χ3n) is 11.9. The van der Waals surface area contributed by atoms with Gasteiger partial charge in [-0.05, 0) is 111 Å². The highest BCUT2D eigenvalue weighted by molar-refractivity contribution is 7.25. The molecule has 5 heteroatoms. The Morgan fingerprint density at radius 1 is 0.323 bits per heavy atom. The van der Waals surface area contributed by atoms with Crippen LogP contribution < -0.4 is 0 Å². The summed E-state index contributed by atoms with van der Waals surface area (Å²) >= 11 is 1.85. The van der Waals surface area contributed by atoms with Crippen LogP contribution in [0.25, 0.3) is 115 Å². The first-order chi connectivity index (χ1) is 30.7. The molecular weight excluding hydrogens is 773 g/mol. The monoisotopic (exact) mass is 808 g/mol. The summed E-state index contributed by atoms with van der Waals surface area (Å²) in [5, 5.41) is 4.99. The molecule has 0 radical (unpaired) electrons. The topological polar surface area (TPSA) is 43.6 Å². The number of benzene rings is 9. The molecular formula is C57H36N4S. The molecule has 3 aromatic heterocycles. The third kappa shape index (κ3) is 6.26. The molecule has 62 heavy (non-hydrogen) atoms. The van der Waals surface area contributed by atoms with E-state index in [1.54, 1.807) is 6.33 Å². The maximum absolute atomic E-state index is 5.13. The van der Waals surface area contributed by atoms with Gasteiger partial charge in [-0.2, -0.15) is 0 Å². The van der Waals surface area contributed by atoms with Crippen LogP contribution in [0.2, 0.25) is 0 Å². The summed E-state index contributed by atoms with van der Waals surface area (Å²) in [6, 6.07) is 76.1. The summed E-state index contributed by atoms with van der Waals surface area (Å²) in [7, 11) is 0. The lowest BCUT2D eigenvalue weighted by Crippen LogP contribution is -1.97. The number of hydrogen-bond acceptors (Lipinski definition) is 4. The number of hydrogen-bond donors (Lipinski definition) is 0. The molecule has 0 aliphatic rings. The fourth-order valence-corrected chi connectivity index (χ4v) is 10.1. The predicted molar refractivity (Wildman–Crippen MR) is 260 cm³/mol. The zero-order valence-corrected chi connectivity index (χ0v) is 34.3. The van der Waals surface area contributed by atoms with Gasteiger partial charge in [-0.1, -0.05) is 146 Å². The average Bonchev–Trinajstić information content (AvgIpc) is 3.88. The van der Waals surface area contributed by atoms with Gasteiger partial charge in [0.05, 0.1) is 11.0 Å². The zero-order valence-electron chi connectivity index (χ0n) is 33.5. The van der Waals surface area contributed by atoms with Crippen LogP contribution in [0.3, 0.4) is 0 Å². The summed E-state index contributed by atoms with van der Waals surface area (Å²) in [4.78, 5) is 14.6. The van der Waals surface area contributed by atoms with Gasteiger partial charge in [0.2, 0.25) is 0 Å². The number of aromatic nitrogens is 4. The fraction of sp³-hybridized carbons (Fsp3) is 0. The Morgan fingerprint density at radius 3 is 1.61 bits per heavy atom. The van der Waals surface area contributed by atoms with Crippen molar-refractivity contribution in [1.29, 1.82) is 0 Å². The van der Waals surface area contributed by atoms with E-state index in [9.17, 15) is 0 Å². The van der Waals surface area contributed by atoms with Crippen LogP contribution in [-0.2, 0) is 0 Å². The van der Waals surface area contributed by atoms with Crippen LogP contribution in [0.4, 0.5) is 0 Å². The second kappa shape index (κ2) is 14.9. The second-order valence-electron chi connectivity index (χ2n) is 15.7. The van der Waals surface area contributed by atoms with E-state index in [0.29, 0.717) is 11.6 Å². The van der Waals surface area contributed by atoms with Crippen LogP contribution in [0.1, 0.15) is 0 Å². The van der Waals surface area contributed by atoms with Gasteiger partial charge in [-0.15, -0.1) is 11.3 Å². The lowest BCUT2D eigenvalue weighted by atomic mass is 9.90. The highest BCUT2D eigenvalue weighted by atomic mass is 32.1. The Hall–Kier alpha value is -7.99. The summed E-state index contributed by atoms with van der Waals surface area (Å²) in [5.41, 5.74) is 14.5. The number of rotatable bonds is 7. The summed E-state index contributed by atoms with van der Waals surface area (Å²) in [6.07, 6.45) is 1.64. The highest BCUT2D eigenvalue weighted by Gasteiger charge is 2.19. The van der Waals surface area contributed by atoms with Crippen LogP contribution in [0.5, 0.6) is 0 Å². The van der Waals surface area contributed by atoms with Gasteiger partial charge < -0.3 is 4.57 Å². The summed E-state index contributed by atoms with van der Waals surface area (Å²) in [6.45, 7) is 0. The minimum Gasteiger partial charge on any atom is -0.309 e. The molecule has 0 N–H and O–H groups in total. The molecule has 3 heterocycles. The zero-order chi connectivity index (χ0) is 41.0. The van der Waals surface area contributed by atoms with E-state index in [1.807, 2.05) is 41.7 Å². The first kappa shape index (κ1) is 35.9. The van der Waals surface area contributed by atoms with E-state index in [0.717, 1.165) is 50.2 Å². The number of thiophene rings is 1. The summed E-state index contributed by atoms with van der Waals surface area (Å²) in [5.74, 6) is 1.27. The van der Waals surface area contributed by atoms with Crippen LogP contribution in [-0.4, -0.2) is 19.5 Å². The molecule has 0 unspecified atom stereocenters. The minimum atomic E-state index is 0.629. The first-order valence-corrected chi connectivity index (χ1v) is 21.6. The van der Waals surface area contributed by atoms with Crippen molar-refractivity contribution >= 4 is 53.3 Å². The van der Waals surface area contributed by atoms with Crippen molar-refractivity contribution < 1.29 is 0 Å². The van der Waals surface area contributed by atoms with Gasteiger partial charge in [0.25, 0.3) is 0 Å². The third-order valence-corrected chi connectivity index (χ3v) is 13.1. The van der Waals surface area contributed by atoms with Crippen molar-refractivity contribution in [3.8, 4) is 73.0 Å². The smallest absolute Gasteiger partial charge is 0.164 e. The molecule has 0 fully saturated rings. The number of nitrogens with zero attached hydrogens (tertiary/aromatic N) is 4. The van der Waals surface area contributed by atoms with Gasteiger partial charge in [-0.25, -0.2) is 15.0 Å². The van der Waals surface area contributed by atoms with Crippen molar-refractivity contribution in [1.82, 2.24) is 19.5 Å². The minimum absolute atomic E-state index is 0.629. The Morgan fingerprint density at radius 2 is 0.903 bits per heavy atom. The maximum atomic E-state index is 5.13. The molecule has 12 aromatic rings. The molecule has 0 amide bonds. The van der Waals surface area contributed by atoms with E-state index in [4.69, 9.17) is 9.97 Å². The van der Waals surface area contributed by atoms with Crippen molar-refractivity contribution in [3.05, 3.63) is 219 Å². The highest BCUT2D eigenvalue weighted by Crippen LogP contribution is 2.44. The molecule has 290 valence electrons. The Bertz CT molecular complexity index is 3560. The normalized spacial score (nSPS) is 11.5. The van der Waals surface area contributed by atoms with Crippen molar-refractivity contribution in [3.63, 3.8) is 0 Å². The standard InChI is InChI=1S/C57H36N4S/c1-5-15-37(16-6-1)42-29-43(38-17-7-2-8-18-38)31-44(30-42)40-25-27-46(51(32-40)57-59-36-58-56(60-57)39-19-9-3-10-20-39)41-26-28-54-49(33-41)50-34-48-47-23-13-14-24-52(47)61(45-21-11-4-12-22-45)53(48)35-55(50)62-54/h1-36H. The van der Waals surface area contributed by atoms with E-state index in [1.165, 1.54) is 53.1 Å².